The lowest BCUT2D eigenvalue weighted by Crippen LogP contribution is -2.03. The molecule has 0 saturated heterocycles. The van der Waals surface area contributed by atoms with E-state index in [1.54, 1.807) is 12.1 Å². The highest BCUT2D eigenvalue weighted by molar-refractivity contribution is 7.98. The number of hydrogen-bond acceptors (Lipinski definition) is 3. The van der Waals surface area contributed by atoms with Gasteiger partial charge in [-0.05, 0) is 30.7 Å². The van der Waals surface area contributed by atoms with E-state index in [9.17, 15) is 4.79 Å². The molecule has 0 aliphatic heterocycles. The van der Waals surface area contributed by atoms with Crippen molar-refractivity contribution in [3.05, 3.63) is 23.4 Å². The molecule has 15 heavy (non-hydrogen) atoms. The highest BCUT2D eigenvalue weighted by Gasteiger charge is 2.09. The average Bonchev–Trinajstić information content (AvgIpc) is 2.16. The Hall–Kier alpha value is -1.03. The van der Waals surface area contributed by atoms with Crippen LogP contribution in [0.5, 0.6) is 0 Å². The second-order valence-corrected chi connectivity index (χ2v) is 4.62. The molecule has 1 aromatic heterocycles. The Morgan fingerprint density at radius 2 is 2.20 bits per heavy atom. The van der Waals surface area contributed by atoms with Crippen molar-refractivity contribution in [2.24, 2.45) is 5.92 Å². The van der Waals surface area contributed by atoms with Crippen LogP contribution in [-0.4, -0.2) is 22.3 Å². The van der Waals surface area contributed by atoms with Crippen LogP contribution >= 0.6 is 11.8 Å². The second-order valence-electron chi connectivity index (χ2n) is 3.79. The summed E-state index contributed by atoms with van der Waals surface area (Å²) >= 11 is 1.47. The topological polar surface area (TPSA) is 50.2 Å². The van der Waals surface area contributed by atoms with Gasteiger partial charge in [0, 0.05) is 5.69 Å². The lowest BCUT2D eigenvalue weighted by molar-refractivity contribution is 0.0696. The molecule has 1 aromatic rings. The van der Waals surface area contributed by atoms with Crippen molar-refractivity contribution in [3.8, 4) is 0 Å². The highest BCUT2D eigenvalue weighted by Crippen LogP contribution is 2.17. The molecule has 3 nitrogen and oxygen atoms in total. The van der Waals surface area contributed by atoms with Crippen LogP contribution in [0, 0.1) is 5.92 Å². The average molecular weight is 225 g/mol. The molecule has 1 rings (SSSR count). The third-order valence-corrected chi connectivity index (χ3v) is 2.56. The molecule has 0 amide bonds. The molecule has 0 radical (unpaired) electrons. The molecule has 0 atom stereocenters. The van der Waals surface area contributed by atoms with Gasteiger partial charge in [-0.15, -0.1) is 11.8 Å². The number of rotatable bonds is 4. The normalized spacial score (nSPS) is 10.7. The first-order valence-electron chi connectivity index (χ1n) is 4.81. The van der Waals surface area contributed by atoms with E-state index in [-0.39, 0.29) is 0 Å². The first-order valence-corrected chi connectivity index (χ1v) is 6.03. The molecule has 0 saturated carbocycles. The Balaban J connectivity index is 3.05. The van der Waals surface area contributed by atoms with Crippen molar-refractivity contribution >= 4 is 17.7 Å². The SMILES string of the molecule is CSc1cc(C(=O)O)cc(CC(C)C)n1. The minimum Gasteiger partial charge on any atom is -0.478 e. The van der Waals surface area contributed by atoms with Gasteiger partial charge >= 0.3 is 5.97 Å². The fourth-order valence-corrected chi connectivity index (χ4v) is 1.76. The summed E-state index contributed by atoms with van der Waals surface area (Å²) in [4.78, 5) is 15.2. The van der Waals surface area contributed by atoms with Crippen molar-refractivity contribution in [3.63, 3.8) is 0 Å². The van der Waals surface area contributed by atoms with E-state index in [0.717, 1.165) is 17.1 Å². The zero-order chi connectivity index (χ0) is 11.4. The Kier molecular flexibility index (Phi) is 4.15. The molecule has 0 fully saturated rings. The molecular formula is C11H15NO2S. The third kappa shape index (κ3) is 3.55. The largest absolute Gasteiger partial charge is 0.478 e. The van der Waals surface area contributed by atoms with Crippen molar-refractivity contribution in [2.75, 3.05) is 6.26 Å². The Morgan fingerprint density at radius 1 is 1.53 bits per heavy atom. The first kappa shape index (κ1) is 12.0. The molecule has 4 heteroatoms. The van der Waals surface area contributed by atoms with Crippen LogP contribution in [0.15, 0.2) is 17.2 Å². The number of carbonyl (C=O) groups is 1. The first-order chi connectivity index (χ1) is 7.02. The van der Waals surface area contributed by atoms with Crippen LogP contribution in [0.4, 0.5) is 0 Å². The predicted octanol–water partition coefficient (Wildman–Crippen LogP) is 2.70. The lowest BCUT2D eigenvalue weighted by Gasteiger charge is -2.07. The molecule has 0 aliphatic rings. The summed E-state index contributed by atoms with van der Waals surface area (Å²) in [5.41, 5.74) is 1.18. The van der Waals surface area contributed by atoms with Crippen LogP contribution in [0.3, 0.4) is 0 Å². The number of carboxylic acid groups (broad SMARTS) is 1. The molecule has 1 heterocycles. The van der Waals surface area contributed by atoms with Crippen LogP contribution in [0.25, 0.3) is 0 Å². The maximum Gasteiger partial charge on any atom is 0.335 e. The van der Waals surface area contributed by atoms with Gasteiger partial charge in [-0.2, -0.15) is 0 Å². The summed E-state index contributed by atoms with van der Waals surface area (Å²) in [5.74, 6) is -0.408. The number of pyridine rings is 1. The number of aromatic nitrogens is 1. The summed E-state index contributed by atoms with van der Waals surface area (Å²) in [6.45, 7) is 4.18. The maximum atomic E-state index is 10.9. The number of thioether (sulfide) groups is 1. The van der Waals surface area contributed by atoms with Gasteiger partial charge in [0.25, 0.3) is 0 Å². The monoisotopic (exact) mass is 225 g/mol. The Labute approximate surface area is 93.9 Å². The van der Waals surface area contributed by atoms with Crippen LogP contribution in [-0.2, 0) is 6.42 Å². The zero-order valence-corrected chi connectivity index (χ0v) is 9.97. The van der Waals surface area contributed by atoms with E-state index >= 15 is 0 Å². The second kappa shape index (κ2) is 5.16. The van der Waals surface area contributed by atoms with Gasteiger partial charge in [-0.25, -0.2) is 9.78 Å². The van der Waals surface area contributed by atoms with Gasteiger partial charge < -0.3 is 5.11 Å². The summed E-state index contributed by atoms with van der Waals surface area (Å²) in [6.07, 6.45) is 2.71. The van der Waals surface area contributed by atoms with E-state index in [1.165, 1.54) is 11.8 Å². The molecule has 1 N–H and O–H groups in total. The van der Waals surface area contributed by atoms with Crippen molar-refractivity contribution < 1.29 is 9.90 Å². The molecule has 0 unspecified atom stereocenters. The molecule has 82 valence electrons. The fourth-order valence-electron chi connectivity index (χ4n) is 1.31. The number of nitrogens with zero attached hydrogens (tertiary/aromatic N) is 1. The van der Waals surface area contributed by atoms with Gasteiger partial charge in [0.15, 0.2) is 0 Å². The predicted molar refractivity (Wildman–Crippen MR) is 61.5 cm³/mol. The Morgan fingerprint density at radius 3 is 2.67 bits per heavy atom. The van der Waals surface area contributed by atoms with E-state index in [4.69, 9.17) is 5.11 Å². The van der Waals surface area contributed by atoms with Crippen LogP contribution in [0.1, 0.15) is 29.9 Å². The van der Waals surface area contributed by atoms with Crippen molar-refractivity contribution in [1.29, 1.82) is 0 Å². The van der Waals surface area contributed by atoms with Crippen LogP contribution < -0.4 is 0 Å². The lowest BCUT2D eigenvalue weighted by atomic mass is 10.1. The summed E-state index contributed by atoms with van der Waals surface area (Å²) < 4.78 is 0. The molecular weight excluding hydrogens is 210 g/mol. The fraction of sp³-hybridized carbons (Fsp3) is 0.455. The van der Waals surface area contributed by atoms with Crippen molar-refractivity contribution in [2.45, 2.75) is 25.3 Å². The minimum absolute atomic E-state index is 0.324. The molecule has 0 aromatic carbocycles. The maximum absolute atomic E-state index is 10.9. The van der Waals surface area contributed by atoms with E-state index < -0.39 is 5.97 Å². The molecule has 0 spiro atoms. The number of hydrogen-bond donors (Lipinski definition) is 1. The minimum atomic E-state index is -0.891. The zero-order valence-electron chi connectivity index (χ0n) is 9.15. The van der Waals surface area contributed by atoms with E-state index in [1.807, 2.05) is 6.26 Å². The van der Waals surface area contributed by atoms with E-state index in [2.05, 4.69) is 18.8 Å². The number of carboxylic acids is 1. The molecule has 0 bridgehead atoms. The quantitative estimate of drug-likeness (QED) is 0.800. The van der Waals surface area contributed by atoms with Gasteiger partial charge in [0.2, 0.25) is 0 Å². The summed E-state index contributed by atoms with van der Waals surface area (Å²) in [6, 6.07) is 3.26. The van der Waals surface area contributed by atoms with Gasteiger partial charge in [0.05, 0.1) is 10.6 Å². The van der Waals surface area contributed by atoms with Gasteiger partial charge in [0.1, 0.15) is 0 Å². The standard InChI is InChI=1S/C11H15NO2S/c1-7(2)4-9-5-8(11(13)14)6-10(12-9)15-3/h5-7H,4H2,1-3H3,(H,13,14). The highest BCUT2D eigenvalue weighted by atomic mass is 32.2. The summed E-state index contributed by atoms with van der Waals surface area (Å²) in [5, 5.41) is 9.70. The smallest absolute Gasteiger partial charge is 0.335 e. The van der Waals surface area contributed by atoms with E-state index in [0.29, 0.717) is 11.5 Å². The summed E-state index contributed by atoms with van der Waals surface area (Å²) in [7, 11) is 0. The van der Waals surface area contributed by atoms with Gasteiger partial charge in [-0.1, -0.05) is 13.8 Å². The Bertz CT molecular complexity index is 364. The molecule has 0 aliphatic carbocycles. The van der Waals surface area contributed by atoms with Crippen molar-refractivity contribution in [1.82, 2.24) is 4.98 Å². The van der Waals surface area contributed by atoms with Gasteiger partial charge in [-0.3, -0.25) is 0 Å². The van der Waals surface area contributed by atoms with Crippen LogP contribution in [0.2, 0.25) is 0 Å². The number of aromatic carboxylic acids is 1. The third-order valence-electron chi connectivity index (χ3n) is 1.93.